The summed E-state index contributed by atoms with van der Waals surface area (Å²) in [6.07, 6.45) is 10.6. The van der Waals surface area contributed by atoms with Gasteiger partial charge in [0.2, 0.25) is 0 Å². The van der Waals surface area contributed by atoms with Gasteiger partial charge in [-0.25, -0.2) is 0 Å². The van der Waals surface area contributed by atoms with Crippen molar-refractivity contribution < 1.29 is 4.74 Å². The van der Waals surface area contributed by atoms with Crippen LogP contribution >= 0.6 is 0 Å². The number of rotatable bonds is 1. The van der Waals surface area contributed by atoms with Crippen LogP contribution in [0.1, 0.15) is 12.0 Å². The lowest BCUT2D eigenvalue weighted by molar-refractivity contribution is 0.197. The first-order chi connectivity index (χ1) is 7.91. The summed E-state index contributed by atoms with van der Waals surface area (Å²) in [5, 5.41) is 0. The summed E-state index contributed by atoms with van der Waals surface area (Å²) in [6, 6.07) is 10.7. The lowest BCUT2D eigenvalue weighted by atomic mass is 9.87. The molecule has 1 saturated carbocycles. The van der Waals surface area contributed by atoms with E-state index in [1.807, 2.05) is 0 Å². The number of benzene rings is 1. The Morgan fingerprint density at radius 2 is 1.88 bits per heavy atom. The molecule has 1 heterocycles. The van der Waals surface area contributed by atoms with Gasteiger partial charge in [0, 0.05) is 11.8 Å². The van der Waals surface area contributed by atoms with Gasteiger partial charge in [-0.2, -0.15) is 0 Å². The Morgan fingerprint density at radius 1 is 1.06 bits per heavy atom. The molecular weight excluding hydrogens is 196 g/mol. The van der Waals surface area contributed by atoms with Crippen LogP contribution in [0.25, 0.3) is 0 Å². The van der Waals surface area contributed by atoms with Crippen LogP contribution in [-0.4, -0.2) is 6.10 Å². The Labute approximate surface area is 95.4 Å². The van der Waals surface area contributed by atoms with E-state index >= 15 is 0 Å². The zero-order chi connectivity index (χ0) is 10.6. The molecule has 4 atom stereocenters. The van der Waals surface area contributed by atoms with E-state index in [0.29, 0.717) is 17.9 Å². The summed E-state index contributed by atoms with van der Waals surface area (Å²) in [5.41, 5.74) is 1.36. The Hall–Kier alpha value is -1.34. The summed E-state index contributed by atoms with van der Waals surface area (Å²) >= 11 is 0. The van der Waals surface area contributed by atoms with Crippen molar-refractivity contribution in [3.05, 3.63) is 60.2 Å². The second-order valence-corrected chi connectivity index (χ2v) is 4.97. The van der Waals surface area contributed by atoms with Gasteiger partial charge in [-0.15, -0.1) is 0 Å². The van der Waals surface area contributed by atoms with Gasteiger partial charge in [-0.3, -0.25) is 0 Å². The minimum atomic E-state index is 0.00713. The summed E-state index contributed by atoms with van der Waals surface area (Å²) in [7, 11) is 0. The molecule has 16 heavy (non-hydrogen) atoms. The number of allylic oxidation sites excluding steroid dienone is 2. The fourth-order valence-corrected chi connectivity index (χ4v) is 3.42. The average molecular weight is 210 g/mol. The van der Waals surface area contributed by atoms with Crippen molar-refractivity contribution in [3.8, 4) is 0 Å². The van der Waals surface area contributed by atoms with Gasteiger partial charge in [0.25, 0.3) is 0 Å². The Bertz CT molecular complexity index is 473. The third-order valence-electron chi connectivity index (χ3n) is 4.19. The third-order valence-corrected chi connectivity index (χ3v) is 4.19. The maximum Gasteiger partial charge on any atom is 0.127 e. The number of hydrogen-bond acceptors (Lipinski definition) is 1. The van der Waals surface area contributed by atoms with Gasteiger partial charge < -0.3 is 4.74 Å². The van der Waals surface area contributed by atoms with E-state index in [2.05, 4.69) is 54.6 Å². The van der Waals surface area contributed by atoms with E-state index in [1.165, 1.54) is 12.0 Å². The Balaban J connectivity index is 1.81. The monoisotopic (exact) mass is 210 g/mol. The van der Waals surface area contributed by atoms with Crippen LogP contribution in [-0.2, 0) is 10.3 Å². The highest BCUT2D eigenvalue weighted by Gasteiger charge is 2.69. The molecule has 1 aromatic rings. The predicted molar refractivity (Wildman–Crippen MR) is 62.9 cm³/mol. The molecule has 80 valence electrons. The highest BCUT2D eigenvalue weighted by molar-refractivity contribution is 5.38. The van der Waals surface area contributed by atoms with E-state index in [-0.39, 0.29) is 5.60 Å². The van der Waals surface area contributed by atoms with Crippen LogP contribution < -0.4 is 0 Å². The van der Waals surface area contributed by atoms with Crippen LogP contribution in [0.2, 0.25) is 0 Å². The van der Waals surface area contributed by atoms with Gasteiger partial charge in [-0.1, -0.05) is 54.6 Å². The first kappa shape index (κ1) is 8.77. The van der Waals surface area contributed by atoms with Gasteiger partial charge in [0.1, 0.15) is 5.60 Å². The molecule has 2 fully saturated rings. The minimum Gasteiger partial charge on any atom is -0.360 e. The van der Waals surface area contributed by atoms with Crippen molar-refractivity contribution in [2.45, 2.75) is 18.1 Å². The molecule has 0 radical (unpaired) electrons. The molecule has 1 aromatic carbocycles. The fraction of sp³-hybridized carbons (Fsp3) is 0.333. The van der Waals surface area contributed by atoms with Crippen molar-refractivity contribution >= 4 is 0 Å². The molecular formula is C15H14O. The maximum atomic E-state index is 6.07. The molecule has 0 amide bonds. The average Bonchev–Trinajstić information content (AvgIpc) is 3.02. The molecule has 4 rings (SSSR count). The lowest BCUT2D eigenvalue weighted by Crippen LogP contribution is -2.17. The molecule has 1 nitrogen and oxygen atoms in total. The normalized spacial score (nSPS) is 42.9. The third kappa shape index (κ3) is 0.946. The first-order valence-electron chi connectivity index (χ1n) is 5.99. The molecule has 4 unspecified atom stereocenters. The van der Waals surface area contributed by atoms with Gasteiger partial charge in [0.05, 0.1) is 6.10 Å². The van der Waals surface area contributed by atoms with E-state index in [9.17, 15) is 0 Å². The Kier molecular flexibility index (Phi) is 1.57. The molecule has 2 bridgehead atoms. The van der Waals surface area contributed by atoms with Gasteiger partial charge in [0.15, 0.2) is 0 Å². The van der Waals surface area contributed by atoms with Crippen LogP contribution in [0.15, 0.2) is 54.6 Å². The fourth-order valence-electron chi connectivity index (χ4n) is 3.42. The number of fused-ring (bicyclic) bond motifs is 5. The molecule has 1 heteroatoms. The van der Waals surface area contributed by atoms with Gasteiger partial charge in [-0.05, 0) is 12.0 Å². The molecule has 2 aliphatic carbocycles. The van der Waals surface area contributed by atoms with Crippen LogP contribution in [0, 0.1) is 11.8 Å². The van der Waals surface area contributed by atoms with Crippen molar-refractivity contribution in [1.82, 2.24) is 0 Å². The quantitative estimate of drug-likeness (QED) is 0.649. The SMILES string of the molecule is C1=CC2CC(C=C1)C1(c3ccccc3)OC21. The second-order valence-electron chi connectivity index (χ2n) is 4.97. The minimum absolute atomic E-state index is 0.00713. The summed E-state index contributed by atoms with van der Waals surface area (Å²) in [6.45, 7) is 0. The van der Waals surface area contributed by atoms with Gasteiger partial charge >= 0.3 is 0 Å². The van der Waals surface area contributed by atoms with Crippen molar-refractivity contribution in [1.29, 1.82) is 0 Å². The predicted octanol–water partition coefficient (Wildman–Crippen LogP) is 3.04. The molecule has 0 aromatic heterocycles. The largest absolute Gasteiger partial charge is 0.360 e. The van der Waals surface area contributed by atoms with E-state index in [1.54, 1.807) is 0 Å². The van der Waals surface area contributed by atoms with Crippen LogP contribution in [0.5, 0.6) is 0 Å². The van der Waals surface area contributed by atoms with Crippen molar-refractivity contribution in [2.24, 2.45) is 11.8 Å². The van der Waals surface area contributed by atoms with Crippen LogP contribution in [0.4, 0.5) is 0 Å². The zero-order valence-electron chi connectivity index (χ0n) is 9.04. The van der Waals surface area contributed by atoms with Crippen LogP contribution in [0.3, 0.4) is 0 Å². The van der Waals surface area contributed by atoms with E-state index < -0.39 is 0 Å². The molecule has 0 spiro atoms. The van der Waals surface area contributed by atoms with Crippen molar-refractivity contribution in [3.63, 3.8) is 0 Å². The summed E-state index contributed by atoms with van der Waals surface area (Å²) in [4.78, 5) is 0. The zero-order valence-corrected chi connectivity index (χ0v) is 9.04. The number of epoxide rings is 1. The smallest absolute Gasteiger partial charge is 0.127 e. The molecule has 3 aliphatic rings. The lowest BCUT2D eigenvalue weighted by Gasteiger charge is -2.17. The maximum absolute atomic E-state index is 6.07. The van der Waals surface area contributed by atoms with E-state index in [4.69, 9.17) is 4.74 Å². The number of ether oxygens (including phenoxy) is 1. The van der Waals surface area contributed by atoms with E-state index in [0.717, 1.165) is 0 Å². The first-order valence-corrected chi connectivity index (χ1v) is 5.99. The highest BCUT2D eigenvalue weighted by Crippen LogP contribution is 2.64. The number of hydrogen-bond donors (Lipinski definition) is 0. The highest BCUT2D eigenvalue weighted by atomic mass is 16.6. The second kappa shape index (κ2) is 2.86. The van der Waals surface area contributed by atoms with Crippen molar-refractivity contribution in [2.75, 3.05) is 0 Å². The Morgan fingerprint density at radius 3 is 2.75 bits per heavy atom. The topological polar surface area (TPSA) is 12.5 Å². The summed E-state index contributed by atoms with van der Waals surface area (Å²) in [5.74, 6) is 1.17. The summed E-state index contributed by atoms with van der Waals surface area (Å²) < 4.78 is 6.07. The molecule has 0 N–H and O–H groups in total. The standard InChI is InChI=1S/C15H14O/c1-2-7-12(8-3-1)15-13-9-5-4-6-11(10-13)14(15)16-15/h1-9,11,13-14H,10H2. The molecule has 1 saturated heterocycles. The molecule has 1 aliphatic heterocycles.